The van der Waals surface area contributed by atoms with E-state index >= 15 is 0 Å². The molecule has 0 aliphatic heterocycles. The summed E-state index contributed by atoms with van der Waals surface area (Å²) in [5, 5.41) is 5.68. The molecule has 0 bridgehead atoms. The minimum Gasteiger partial charge on any atom is -0.355 e. The van der Waals surface area contributed by atoms with E-state index in [1.54, 1.807) is 16.2 Å². The van der Waals surface area contributed by atoms with E-state index in [0.29, 0.717) is 18.0 Å². The zero-order valence-electron chi connectivity index (χ0n) is 14.3. The number of aromatic nitrogens is 1. The van der Waals surface area contributed by atoms with E-state index in [-0.39, 0.29) is 18.4 Å². The second-order valence-corrected chi connectivity index (χ2v) is 7.43. The van der Waals surface area contributed by atoms with E-state index in [1.165, 1.54) is 11.3 Å². The molecule has 2 heterocycles. The van der Waals surface area contributed by atoms with Crippen LogP contribution in [-0.4, -0.2) is 41.3 Å². The molecule has 0 aliphatic carbocycles. The second-order valence-electron chi connectivity index (χ2n) is 5.49. The SMILES string of the molecule is CCCNC(=O)CN(CCC)C(=O)c1sc(-c2cccs2)nc1C. The lowest BCUT2D eigenvalue weighted by Crippen LogP contribution is -2.41. The highest BCUT2D eigenvalue weighted by atomic mass is 32.1. The zero-order chi connectivity index (χ0) is 17.5. The Balaban J connectivity index is 2.15. The van der Waals surface area contributed by atoms with Crippen LogP contribution in [0.15, 0.2) is 17.5 Å². The highest BCUT2D eigenvalue weighted by Crippen LogP contribution is 2.31. The van der Waals surface area contributed by atoms with E-state index < -0.39 is 0 Å². The van der Waals surface area contributed by atoms with Crippen LogP contribution in [0.4, 0.5) is 0 Å². The molecule has 2 aromatic heterocycles. The van der Waals surface area contributed by atoms with E-state index in [0.717, 1.165) is 28.4 Å². The van der Waals surface area contributed by atoms with Gasteiger partial charge >= 0.3 is 0 Å². The molecule has 1 N–H and O–H groups in total. The van der Waals surface area contributed by atoms with Crippen molar-refractivity contribution in [1.29, 1.82) is 0 Å². The van der Waals surface area contributed by atoms with Gasteiger partial charge in [-0.2, -0.15) is 0 Å². The molecule has 24 heavy (non-hydrogen) atoms. The monoisotopic (exact) mass is 365 g/mol. The van der Waals surface area contributed by atoms with E-state index in [1.807, 2.05) is 38.3 Å². The molecule has 0 unspecified atom stereocenters. The molecule has 0 aliphatic rings. The minimum absolute atomic E-state index is 0.0956. The average Bonchev–Trinajstić information content (AvgIpc) is 3.21. The molecule has 2 rings (SSSR count). The van der Waals surface area contributed by atoms with Gasteiger partial charge in [-0.25, -0.2) is 4.98 Å². The standard InChI is InChI=1S/C17H23N3O2S2/c1-4-8-18-14(21)11-20(9-5-2)17(22)15-12(3)19-16(24-15)13-7-6-10-23-13/h6-7,10H,4-5,8-9,11H2,1-3H3,(H,18,21). The molecule has 2 aromatic rings. The number of thiophene rings is 1. The van der Waals surface area contributed by atoms with Crippen LogP contribution >= 0.6 is 22.7 Å². The Bertz CT molecular complexity index is 680. The highest BCUT2D eigenvalue weighted by molar-refractivity contribution is 7.22. The summed E-state index contributed by atoms with van der Waals surface area (Å²) in [5.74, 6) is -0.222. The van der Waals surface area contributed by atoms with Gasteiger partial charge in [-0.3, -0.25) is 9.59 Å². The topological polar surface area (TPSA) is 62.3 Å². The van der Waals surface area contributed by atoms with Gasteiger partial charge < -0.3 is 10.2 Å². The van der Waals surface area contributed by atoms with Crippen molar-refractivity contribution in [3.8, 4) is 9.88 Å². The minimum atomic E-state index is -0.112. The predicted octanol–water partition coefficient (Wildman–Crippen LogP) is 3.56. The Labute approximate surface area is 150 Å². The molecule has 130 valence electrons. The molecule has 0 aromatic carbocycles. The number of hydrogen-bond donors (Lipinski definition) is 1. The van der Waals surface area contributed by atoms with Gasteiger partial charge in [-0.05, 0) is 31.2 Å². The summed E-state index contributed by atoms with van der Waals surface area (Å²) < 4.78 is 0. The summed E-state index contributed by atoms with van der Waals surface area (Å²) in [6.07, 6.45) is 1.69. The Kier molecular flexibility index (Phi) is 6.93. The van der Waals surface area contributed by atoms with Crippen molar-refractivity contribution in [2.75, 3.05) is 19.6 Å². The van der Waals surface area contributed by atoms with Crippen molar-refractivity contribution >= 4 is 34.5 Å². The fourth-order valence-electron chi connectivity index (χ4n) is 2.26. The van der Waals surface area contributed by atoms with E-state index in [4.69, 9.17) is 0 Å². The second kappa shape index (κ2) is 8.94. The van der Waals surface area contributed by atoms with Crippen molar-refractivity contribution < 1.29 is 9.59 Å². The maximum atomic E-state index is 12.9. The van der Waals surface area contributed by atoms with Crippen molar-refractivity contribution in [3.63, 3.8) is 0 Å². The number of aryl methyl sites for hydroxylation is 1. The molecule has 0 spiro atoms. The number of hydrogen-bond acceptors (Lipinski definition) is 5. The summed E-state index contributed by atoms with van der Waals surface area (Å²) >= 11 is 3.01. The Morgan fingerprint density at radius 1 is 1.29 bits per heavy atom. The molecular weight excluding hydrogens is 342 g/mol. The lowest BCUT2D eigenvalue weighted by molar-refractivity contribution is -0.121. The van der Waals surface area contributed by atoms with Crippen LogP contribution in [0.3, 0.4) is 0 Å². The third kappa shape index (κ3) is 4.64. The van der Waals surface area contributed by atoms with E-state index in [9.17, 15) is 9.59 Å². The first kappa shape index (κ1) is 18.6. The molecule has 0 atom stereocenters. The average molecular weight is 366 g/mol. The molecule has 0 radical (unpaired) electrons. The van der Waals surface area contributed by atoms with Crippen LogP contribution in [0.2, 0.25) is 0 Å². The molecule has 0 fully saturated rings. The number of thiazole rings is 1. The number of nitrogens with zero attached hydrogens (tertiary/aromatic N) is 2. The zero-order valence-corrected chi connectivity index (χ0v) is 15.9. The number of nitrogens with one attached hydrogen (secondary N) is 1. The van der Waals surface area contributed by atoms with Crippen LogP contribution in [0.1, 0.15) is 42.1 Å². The van der Waals surface area contributed by atoms with Gasteiger partial charge in [0.25, 0.3) is 5.91 Å². The summed E-state index contributed by atoms with van der Waals surface area (Å²) in [4.78, 5) is 32.7. The molecule has 0 saturated heterocycles. The normalized spacial score (nSPS) is 10.6. The molecule has 2 amide bonds. The van der Waals surface area contributed by atoms with Gasteiger partial charge in [0.15, 0.2) is 0 Å². The Hall–Kier alpha value is -1.73. The van der Waals surface area contributed by atoms with Crippen molar-refractivity contribution in [1.82, 2.24) is 15.2 Å². The van der Waals surface area contributed by atoms with Crippen molar-refractivity contribution in [2.24, 2.45) is 0 Å². The summed E-state index contributed by atoms with van der Waals surface area (Å²) in [5.41, 5.74) is 0.725. The first-order chi connectivity index (χ1) is 11.6. The van der Waals surface area contributed by atoms with Gasteiger partial charge in [-0.15, -0.1) is 22.7 Å². The lowest BCUT2D eigenvalue weighted by Gasteiger charge is -2.21. The Morgan fingerprint density at radius 3 is 2.71 bits per heavy atom. The summed E-state index contributed by atoms with van der Waals surface area (Å²) in [6, 6.07) is 3.97. The summed E-state index contributed by atoms with van der Waals surface area (Å²) in [7, 11) is 0. The highest BCUT2D eigenvalue weighted by Gasteiger charge is 2.23. The smallest absolute Gasteiger partial charge is 0.266 e. The third-order valence-corrected chi connectivity index (χ3v) is 5.59. The first-order valence-corrected chi connectivity index (χ1v) is 9.83. The quantitative estimate of drug-likeness (QED) is 0.778. The molecule has 7 heteroatoms. The van der Waals surface area contributed by atoms with Crippen LogP contribution in [-0.2, 0) is 4.79 Å². The lowest BCUT2D eigenvalue weighted by atomic mass is 10.3. The maximum Gasteiger partial charge on any atom is 0.266 e. The fourth-order valence-corrected chi connectivity index (χ4v) is 4.09. The van der Waals surface area contributed by atoms with E-state index in [2.05, 4.69) is 10.3 Å². The van der Waals surface area contributed by atoms with Crippen LogP contribution in [0, 0.1) is 6.92 Å². The number of carbonyl (C=O) groups excluding carboxylic acids is 2. The number of carbonyl (C=O) groups is 2. The first-order valence-electron chi connectivity index (χ1n) is 8.14. The van der Waals surface area contributed by atoms with Crippen LogP contribution in [0.25, 0.3) is 9.88 Å². The molecule has 5 nitrogen and oxygen atoms in total. The van der Waals surface area contributed by atoms with Crippen LogP contribution in [0.5, 0.6) is 0 Å². The van der Waals surface area contributed by atoms with Crippen LogP contribution < -0.4 is 5.32 Å². The molecule has 0 saturated carbocycles. The molecular formula is C17H23N3O2S2. The van der Waals surface area contributed by atoms with Gasteiger partial charge in [0, 0.05) is 13.1 Å². The van der Waals surface area contributed by atoms with Crippen molar-refractivity contribution in [2.45, 2.75) is 33.6 Å². The maximum absolute atomic E-state index is 12.9. The number of rotatable bonds is 8. The Morgan fingerprint density at radius 2 is 2.08 bits per heavy atom. The van der Waals surface area contributed by atoms with Gasteiger partial charge in [-0.1, -0.05) is 19.9 Å². The fraction of sp³-hybridized carbons (Fsp3) is 0.471. The van der Waals surface area contributed by atoms with Gasteiger partial charge in [0.1, 0.15) is 9.88 Å². The third-order valence-electron chi connectivity index (χ3n) is 3.41. The van der Waals surface area contributed by atoms with Gasteiger partial charge in [0.2, 0.25) is 5.91 Å². The van der Waals surface area contributed by atoms with Gasteiger partial charge in [0.05, 0.1) is 17.1 Å². The predicted molar refractivity (Wildman–Crippen MR) is 99.7 cm³/mol. The largest absolute Gasteiger partial charge is 0.355 e. The van der Waals surface area contributed by atoms with Crippen molar-refractivity contribution in [3.05, 3.63) is 28.1 Å². The summed E-state index contributed by atoms with van der Waals surface area (Å²) in [6.45, 7) is 7.14. The number of amides is 2.